The lowest BCUT2D eigenvalue weighted by Crippen LogP contribution is -2.29. The molecule has 0 atom stereocenters. The molecule has 0 fully saturated rings. The van der Waals surface area contributed by atoms with E-state index in [1.54, 1.807) is 6.07 Å². The summed E-state index contributed by atoms with van der Waals surface area (Å²) in [4.78, 5) is 2.12. The van der Waals surface area contributed by atoms with Crippen LogP contribution < -0.4 is 5.32 Å². The van der Waals surface area contributed by atoms with Crippen molar-refractivity contribution in [1.29, 1.82) is 0 Å². The summed E-state index contributed by atoms with van der Waals surface area (Å²) in [6.07, 6.45) is 1.14. The van der Waals surface area contributed by atoms with Crippen molar-refractivity contribution in [3.63, 3.8) is 0 Å². The van der Waals surface area contributed by atoms with Gasteiger partial charge in [0, 0.05) is 29.7 Å². The third-order valence-corrected chi connectivity index (χ3v) is 3.33. The molecule has 96 valence electrons. The first kappa shape index (κ1) is 14.6. The van der Waals surface area contributed by atoms with Crippen molar-refractivity contribution in [3.05, 3.63) is 34.1 Å². The number of halogens is 2. The van der Waals surface area contributed by atoms with Crippen LogP contribution in [-0.4, -0.2) is 31.6 Å². The van der Waals surface area contributed by atoms with Crippen LogP contribution in [0.5, 0.6) is 0 Å². The van der Waals surface area contributed by atoms with E-state index in [1.165, 1.54) is 6.07 Å². The Balaban J connectivity index is 2.42. The standard InChI is InChI=1S/C13H20BrFN2/c1-3-7-16-8-9-17(2)10-11-12(14)5-4-6-13(11)15/h4-6,16H,3,7-10H2,1-2H3. The maximum absolute atomic E-state index is 13.6. The van der Waals surface area contributed by atoms with Gasteiger partial charge in [0.15, 0.2) is 0 Å². The topological polar surface area (TPSA) is 15.3 Å². The fourth-order valence-electron chi connectivity index (χ4n) is 1.60. The summed E-state index contributed by atoms with van der Waals surface area (Å²) < 4.78 is 14.4. The molecule has 0 unspecified atom stereocenters. The zero-order chi connectivity index (χ0) is 12.7. The Hall–Kier alpha value is -0.450. The van der Waals surface area contributed by atoms with Gasteiger partial charge < -0.3 is 10.2 Å². The van der Waals surface area contributed by atoms with Crippen LogP contribution in [0.25, 0.3) is 0 Å². The minimum atomic E-state index is -0.146. The Morgan fingerprint density at radius 1 is 1.35 bits per heavy atom. The molecule has 0 spiro atoms. The van der Waals surface area contributed by atoms with Gasteiger partial charge in [-0.15, -0.1) is 0 Å². The SMILES string of the molecule is CCCNCCN(C)Cc1c(F)cccc1Br. The van der Waals surface area contributed by atoms with Crippen LogP contribution in [0.15, 0.2) is 22.7 Å². The predicted octanol–water partition coefficient (Wildman–Crippen LogP) is 3.02. The van der Waals surface area contributed by atoms with Crippen molar-refractivity contribution in [2.24, 2.45) is 0 Å². The lowest BCUT2D eigenvalue weighted by Gasteiger charge is -2.18. The highest BCUT2D eigenvalue weighted by Crippen LogP contribution is 2.20. The summed E-state index contributed by atoms with van der Waals surface area (Å²) in [5.41, 5.74) is 0.727. The summed E-state index contributed by atoms with van der Waals surface area (Å²) >= 11 is 3.39. The average Bonchev–Trinajstić information content (AvgIpc) is 2.30. The van der Waals surface area contributed by atoms with Crippen LogP contribution in [0.4, 0.5) is 4.39 Å². The minimum absolute atomic E-state index is 0.146. The van der Waals surface area contributed by atoms with Gasteiger partial charge in [0.05, 0.1) is 0 Å². The monoisotopic (exact) mass is 302 g/mol. The molecule has 0 aromatic heterocycles. The third-order valence-electron chi connectivity index (χ3n) is 2.59. The second-order valence-corrected chi connectivity index (χ2v) is 5.04. The van der Waals surface area contributed by atoms with Crippen LogP contribution in [0, 0.1) is 5.82 Å². The summed E-state index contributed by atoms with van der Waals surface area (Å²) in [7, 11) is 2.01. The van der Waals surface area contributed by atoms with E-state index in [4.69, 9.17) is 0 Å². The molecule has 0 aliphatic carbocycles. The van der Waals surface area contributed by atoms with Gasteiger partial charge in [0.25, 0.3) is 0 Å². The Morgan fingerprint density at radius 3 is 2.76 bits per heavy atom. The molecule has 4 heteroatoms. The fraction of sp³-hybridized carbons (Fsp3) is 0.538. The largest absolute Gasteiger partial charge is 0.315 e. The Kier molecular flexibility index (Phi) is 6.70. The van der Waals surface area contributed by atoms with E-state index in [1.807, 2.05) is 13.1 Å². The Labute approximate surface area is 111 Å². The van der Waals surface area contributed by atoms with Crippen molar-refractivity contribution in [1.82, 2.24) is 10.2 Å². The summed E-state index contributed by atoms with van der Waals surface area (Å²) in [6.45, 7) is 5.67. The predicted molar refractivity (Wildman–Crippen MR) is 73.6 cm³/mol. The lowest BCUT2D eigenvalue weighted by molar-refractivity contribution is 0.318. The van der Waals surface area contributed by atoms with Crippen LogP contribution in [-0.2, 0) is 6.54 Å². The Morgan fingerprint density at radius 2 is 2.12 bits per heavy atom. The highest BCUT2D eigenvalue weighted by molar-refractivity contribution is 9.10. The number of likely N-dealkylation sites (N-methyl/N-ethyl adjacent to an activating group) is 1. The number of rotatable bonds is 7. The first-order valence-electron chi connectivity index (χ1n) is 5.97. The van der Waals surface area contributed by atoms with E-state index in [0.29, 0.717) is 6.54 Å². The first-order chi connectivity index (χ1) is 8.15. The van der Waals surface area contributed by atoms with Crippen molar-refractivity contribution in [3.8, 4) is 0 Å². The average molecular weight is 303 g/mol. The van der Waals surface area contributed by atoms with Crippen molar-refractivity contribution in [2.75, 3.05) is 26.7 Å². The van der Waals surface area contributed by atoms with Gasteiger partial charge in [-0.05, 0) is 32.1 Å². The molecule has 0 saturated heterocycles. The second-order valence-electron chi connectivity index (χ2n) is 4.19. The van der Waals surface area contributed by atoms with E-state index >= 15 is 0 Å². The van der Waals surface area contributed by atoms with Gasteiger partial charge >= 0.3 is 0 Å². The molecule has 0 aliphatic heterocycles. The molecule has 17 heavy (non-hydrogen) atoms. The highest BCUT2D eigenvalue weighted by Gasteiger charge is 2.08. The summed E-state index contributed by atoms with van der Waals surface area (Å²) in [5.74, 6) is -0.146. The van der Waals surface area contributed by atoms with Crippen molar-refractivity contribution >= 4 is 15.9 Å². The fourth-order valence-corrected chi connectivity index (χ4v) is 2.07. The van der Waals surface area contributed by atoms with E-state index < -0.39 is 0 Å². The van der Waals surface area contributed by atoms with Gasteiger partial charge in [-0.2, -0.15) is 0 Å². The number of hydrogen-bond acceptors (Lipinski definition) is 2. The molecule has 1 rings (SSSR count). The van der Waals surface area contributed by atoms with E-state index in [2.05, 4.69) is 33.1 Å². The van der Waals surface area contributed by atoms with Gasteiger partial charge in [0.1, 0.15) is 5.82 Å². The minimum Gasteiger partial charge on any atom is -0.315 e. The number of nitrogens with zero attached hydrogens (tertiary/aromatic N) is 1. The van der Waals surface area contributed by atoms with E-state index in [0.717, 1.165) is 36.1 Å². The van der Waals surface area contributed by atoms with Gasteiger partial charge in [-0.1, -0.05) is 28.9 Å². The molecule has 0 saturated carbocycles. The van der Waals surface area contributed by atoms with Crippen LogP contribution in [0.1, 0.15) is 18.9 Å². The van der Waals surface area contributed by atoms with Gasteiger partial charge in [-0.25, -0.2) is 4.39 Å². The van der Waals surface area contributed by atoms with Crippen LogP contribution in [0.2, 0.25) is 0 Å². The zero-order valence-corrected chi connectivity index (χ0v) is 12.1. The molecule has 0 heterocycles. The zero-order valence-electron chi connectivity index (χ0n) is 10.5. The molecule has 2 nitrogen and oxygen atoms in total. The van der Waals surface area contributed by atoms with Crippen LogP contribution >= 0.6 is 15.9 Å². The number of benzene rings is 1. The summed E-state index contributed by atoms with van der Waals surface area (Å²) in [5, 5.41) is 3.33. The molecule has 1 N–H and O–H groups in total. The number of hydrogen-bond donors (Lipinski definition) is 1. The molecule has 1 aromatic carbocycles. The molecular weight excluding hydrogens is 283 g/mol. The quantitative estimate of drug-likeness (QED) is 0.779. The maximum atomic E-state index is 13.6. The van der Waals surface area contributed by atoms with Gasteiger partial charge in [-0.3, -0.25) is 0 Å². The third kappa shape index (κ3) is 5.15. The molecule has 0 radical (unpaired) electrons. The maximum Gasteiger partial charge on any atom is 0.128 e. The lowest BCUT2D eigenvalue weighted by atomic mass is 10.2. The normalized spacial score (nSPS) is 11.1. The van der Waals surface area contributed by atoms with Crippen LogP contribution in [0.3, 0.4) is 0 Å². The molecular formula is C13H20BrFN2. The molecule has 0 bridgehead atoms. The highest BCUT2D eigenvalue weighted by atomic mass is 79.9. The van der Waals surface area contributed by atoms with Crippen molar-refractivity contribution < 1.29 is 4.39 Å². The molecule has 0 aliphatic rings. The second kappa shape index (κ2) is 7.80. The number of nitrogens with one attached hydrogen (secondary N) is 1. The van der Waals surface area contributed by atoms with Gasteiger partial charge in [0.2, 0.25) is 0 Å². The van der Waals surface area contributed by atoms with E-state index in [-0.39, 0.29) is 5.82 Å². The van der Waals surface area contributed by atoms with Crippen molar-refractivity contribution in [2.45, 2.75) is 19.9 Å². The smallest absolute Gasteiger partial charge is 0.128 e. The summed E-state index contributed by atoms with van der Waals surface area (Å²) in [6, 6.07) is 5.09. The van der Waals surface area contributed by atoms with E-state index in [9.17, 15) is 4.39 Å². The molecule has 1 aromatic rings. The Bertz CT molecular complexity index is 324. The molecule has 0 amide bonds. The first-order valence-corrected chi connectivity index (χ1v) is 6.76.